The lowest BCUT2D eigenvalue weighted by molar-refractivity contribution is -0.127. The van der Waals surface area contributed by atoms with Crippen LogP contribution in [0, 0.1) is 0 Å². The molecule has 1 aliphatic heterocycles. The van der Waals surface area contributed by atoms with E-state index < -0.39 is 0 Å². The smallest absolute Gasteiger partial charge is 0.255 e. The van der Waals surface area contributed by atoms with Crippen LogP contribution in [0.1, 0.15) is 20.3 Å². The fourth-order valence-electron chi connectivity index (χ4n) is 1.53. The van der Waals surface area contributed by atoms with Gasteiger partial charge in [-0.3, -0.25) is 9.59 Å². The first-order chi connectivity index (χ1) is 9.21. The van der Waals surface area contributed by atoms with Gasteiger partial charge in [0.05, 0.1) is 5.57 Å². The van der Waals surface area contributed by atoms with Crippen molar-refractivity contribution in [2.75, 3.05) is 33.2 Å². The molecule has 0 saturated carbocycles. The van der Waals surface area contributed by atoms with Gasteiger partial charge in [-0.05, 0) is 12.2 Å². The fourth-order valence-corrected chi connectivity index (χ4v) is 1.53. The Balaban J connectivity index is 0.000000982. The van der Waals surface area contributed by atoms with Crippen molar-refractivity contribution in [2.24, 2.45) is 0 Å². The molecule has 0 unspecified atom stereocenters. The second-order valence-corrected chi connectivity index (χ2v) is 4.13. The Labute approximate surface area is 115 Å². The molecule has 108 valence electrons. The van der Waals surface area contributed by atoms with Crippen LogP contribution in [0.3, 0.4) is 0 Å². The Morgan fingerprint density at radius 3 is 2.37 bits per heavy atom. The third kappa shape index (κ3) is 7.41. The van der Waals surface area contributed by atoms with E-state index in [9.17, 15) is 9.59 Å². The first kappa shape index (κ1) is 17.4. The summed E-state index contributed by atoms with van der Waals surface area (Å²) in [6, 6.07) is 0. The second-order valence-electron chi connectivity index (χ2n) is 4.13. The van der Waals surface area contributed by atoms with Crippen molar-refractivity contribution in [3.8, 4) is 0 Å². The number of piperazine rings is 1. The first-order valence-corrected chi connectivity index (χ1v) is 6.70. The number of aldehydes is 1. The highest BCUT2D eigenvalue weighted by Gasteiger charge is 2.18. The molecule has 0 aromatic rings. The molecule has 0 radical (unpaired) electrons. The molecule has 1 fully saturated rings. The van der Waals surface area contributed by atoms with Crippen molar-refractivity contribution < 1.29 is 9.59 Å². The van der Waals surface area contributed by atoms with Gasteiger partial charge in [-0.15, -0.1) is 0 Å². The van der Waals surface area contributed by atoms with Gasteiger partial charge in [-0.25, -0.2) is 0 Å². The van der Waals surface area contributed by atoms with Gasteiger partial charge in [-0.2, -0.15) is 0 Å². The summed E-state index contributed by atoms with van der Waals surface area (Å²) in [4.78, 5) is 24.0. The summed E-state index contributed by atoms with van der Waals surface area (Å²) in [5.74, 6) is -0.0473. The Kier molecular flexibility index (Phi) is 10.5. The summed E-state index contributed by atoms with van der Waals surface area (Å²) in [6.45, 7) is 7.29. The number of hydrogen-bond acceptors (Lipinski definition) is 4. The maximum atomic E-state index is 12.0. The van der Waals surface area contributed by atoms with Gasteiger partial charge in [0.2, 0.25) is 0 Å². The standard InChI is InChI=1S/C11H17N3O2.C3H8/c1-12-9-10(3-2-8-15)11(16)14-6-4-13-5-7-14;1-3-2/h2-3,8-9,12-13H,4-7H2,1H3;3H2,1-2H3/b3-2-,10-9+;. The summed E-state index contributed by atoms with van der Waals surface area (Å²) in [5, 5.41) is 5.98. The van der Waals surface area contributed by atoms with Gasteiger partial charge in [0.15, 0.2) is 0 Å². The van der Waals surface area contributed by atoms with Crippen molar-refractivity contribution in [1.82, 2.24) is 15.5 Å². The minimum atomic E-state index is -0.0473. The average Bonchev–Trinajstić information content (AvgIpc) is 2.44. The molecule has 1 heterocycles. The number of hydrogen-bond donors (Lipinski definition) is 2. The van der Waals surface area contributed by atoms with E-state index >= 15 is 0 Å². The van der Waals surface area contributed by atoms with Gasteiger partial charge >= 0.3 is 0 Å². The van der Waals surface area contributed by atoms with Crippen molar-refractivity contribution in [3.63, 3.8) is 0 Å². The highest BCUT2D eigenvalue weighted by molar-refractivity contribution is 5.96. The van der Waals surface area contributed by atoms with Crippen LogP contribution in [0.5, 0.6) is 0 Å². The van der Waals surface area contributed by atoms with Gasteiger partial charge < -0.3 is 15.5 Å². The predicted molar refractivity (Wildman–Crippen MR) is 77.8 cm³/mol. The molecule has 0 spiro atoms. The van der Waals surface area contributed by atoms with Gasteiger partial charge in [0.25, 0.3) is 5.91 Å². The normalized spacial score (nSPS) is 15.7. The quantitative estimate of drug-likeness (QED) is 0.447. The van der Waals surface area contributed by atoms with E-state index in [1.807, 2.05) is 0 Å². The topological polar surface area (TPSA) is 61.4 Å². The summed E-state index contributed by atoms with van der Waals surface area (Å²) in [6.07, 6.45) is 6.36. The lowest BCUT2D eigenvalue weighted by Crippen LogP contribution is -2.46. The van der Waals surface area contributed by atoms with Gasteiger partial charge in [-0.1, -0.05) is 20.3 Å². The molecule has 0 bridgehead atoms. The minimum Gasteiger partial charge on any atom is -0.393 e. The molecule has 0 aliphatic carbocycles. The van der Waals surface area contributed by atoms with Crippen LogP contribution in [0.15, 0.2) is 23.9 Å². The number of carbonyl (C=O) groups excluding carboxylic acids is 2. The second kappa shape index (κ2) is 11.5. The molecule has 19 heavy (non-hydrogen) atoms. The van der Waals surface area contributed by atoms with E-state index in [1.54, 1.807) is 18.1 Å². The molecule has 1 aliphatic rings. The fraction of sp³-hybridized carbons (Fsp3) is 0.571. The molecular formula is C14H25N3O2. The Hall–Kier alpha value is -1.62. The summed E-state index contributed by atoms with van der Waals surface area (Å²) < 4.78 is 0. The zero-order valence-electron chi connectivity index (χ0n) is 12.1. The van der Waals surface area contributed by atoms with Crippen LogP contribution in [0.25, 0.3) is 0 Å². The number of nitrogens with one attached hydrogen (secondary N) is 2. The van der Waals surface area contributed by atoms with E-state index in [2.05, 4.69) is 24.5 Å². The van der Waals surface area contributed by atoms with Gasteiger partial charge in [0.1, 0.15) is 6.29 Å². The third-order valence-electron chi connectivity index (χ3n) is 2.31. The molecular weight excluding hydrogens is 242 g/mol. The lowest BCUT2D eigenvalue weighted by atomic mass is 10.2. The van der Waals surface area contributed by atoms with Crippen molar-refractivity contribution in [2.45, 2.75) is 20.3 Å². The number of allylic oxidation sites excluding steroid dienone is 1. The molecule has 1 rings (SSSR count). The van der Waals surface area contributed by atoms with E-state index in [-0.39, 0.29) is 5.91 Å². The van der Waals surface area contributed by atoms with Crippen molar-refractivity contribution in [3.05, 3.63) is 23.9 Å². The lowest BCUT2D eigenvalue weighted by Gasteiger charge is -2.27. The van der Waals surface area contributed by atoms with Crippen LogP contribution in [0.2, 0.25) is 0 Å². The van der Waals surface area contributed by atoms with Crippen LogP contribution in [-0.4, -0.2) is 50.3 Å². The number of nitrogens with zero attached hydrogens (tertiary/aromatic N) is 1. The Bertz CT molecular complexity index is 319. The number of amides is 1. The minimum absolute atomic E-state index is 0.0473. The van der Waals surface area contributed by atoms with E-state index in [0.29, 0.717) is 24.9 Å². The predicted octanol–water partition coefficient (Wildman–Crippen LogP) is 0.693. The summed E-state index contributed by atoms with van der Waals surface area (Å²) in [5.41, 5.74) is 0.497. The third-order valence-corrected chi connectivity index (χ3v) is 2.31. The highest BCUT2D eigenvalue weighted by atomic mass is 16.2. The van der Waals surface area contributed by atoms with Crippen LogP contribution >= 0.6 is 0 Å². The molecule has 0 aromatic heterocycles. The molecule has 5 nitrogen and oxygen atoms in total. The maximum absolute atomic E-state index is 12.0. The average molecular weight is 267 g/mol. The molecule has 0 atom stereocenters. The summed E-state index contributed by atoms with van der Waals surface area (Å²) >= 11 is 0. The summed E-state index contributed by atoms with van der Waals surface area (Å²) in [7, 11) is 1.72. The Morgan fingerprint density at radius 1 is 1.32 bits per heavy atom. The SMILES string of the molecule is CCC.CN/C=C(\C=C/C=O)C(=O)N1CCNCC1. The van der Waals surface area contributed by atoms with Crippen LogP contribution in [-0.2, 0) is 9.59 Å². The van der Waals surface area contributed by atoms with Crippen LogP contribution < -0.4 is 10.6 Å². The van der Waals surface area contributed by atoms with Crippen molar-refractivity contribution >= 4 is 12.2 Å². The molecule has 0 aromatic carbocycles. The van der Waals surface area contributed by atoms with Crippen molar-refractivity contribution in [1.29, 1.82) is 0 Å². The van der Waals surface area contributed by atoms with Crippen LogP contribution in [0.4, 0.5) is 0 Å². The first-order valence-electron chi connectivity index (χ1n) is 6.70. The van der Waals surface area contributed by atoms with E-state index in [0.717, 1.165) is 13.1 Å². The Morgan fingerprint density at radius 2 is 1.89 bits per heavy atom. The highest BCUT2D eigenvalue weighted by Crippen LogP contribution is 2.04. The maximum Gasteiger partial charge on any atom is 0.255 e. The monoisotopic (exact) mass is 267 g/mol. The van der Waals surface area contributed by atoms with E-state index in [4.69, 9.17) is 0 Å². The molecule has 1 amide bonds. The van der Waals surface area contributed by atoms with E-state index in [1.165, 1.54) is 18.6 Å². The number of carbonyl (C=O) groups is 2. The van der Waals surface area contributed by atoms with Gasteiger partial charge in [0, 0.05) is 39.4 Å². The molecule has 5 heteroatoms. The number of rotatable bonds is 4. The zero-order valence-corrected chi connectivity index (χ0v) is 12.1. The molecule has 2 N–H and O–H groups in total. The zero-order chi connectivity index (χ0) is 14.5. The molecule has 1 saturated heterocycles. The largest absolute Gasteiger partial charge is 0.393 e.